The number of aliphatic hydroxyl groups is 1. The van der Waals surface area contributed by atoms with Crippen LogP contribution in [0.25, 0.3) is 0 Å². The molecule has 6 N–H and O–H groups in total. The Kier molecular flexibility index (Phi) is 9.58. The van der Waals surface area contributed by atoms with E-state index < -0.39 is 23.1 Å². The molecule has 2 aromatic rings. The van der Waals surface area contributed by atoms with E-state index in [9.17, 15) is 19.5 Å². The zero-order chi connectivity index (χ0) is 31.6. The highest BCUT2D eigenvalue weighted by atomic mass is 16.3. The molecule has 5 rings (SSSR count). The fourth-order valence-electron chi connectivity index (χ4n) is 6.82. The molecule has 2 saturated heterocycles. The van der Waals surface area contributed by atoms with Crippen LogP contribution >= 0.6 is 0 Å². The maximum absolute atomic E-state index is 13.9. The summed E-state index contributed by atoms with van der Waals surface area (Å²) in [6, 6.07) is 18.7. The Morgan fingerprint density at radius 1 is 1.05 bits per heavy atom. The number of ketones is 1. The molecule has 3 fully saturated rings. The van der Waals surface area contributed by atoms with Gasteiger partial charge in [0.25, 0.3) is 0 Å². The first-order valence-electron chi connectivity index (χ1n) is 15.8. The highest BCUT2D eigenvalue weighted by Gasteiger charge is 2.47. The van der Waals surface area contributed by atoms with E-state index >= 15 is 0 Å². The number of nitrogens with two attached hydrogens (primary N) is 2. The third-order valence-electron chi connectivity index (χ3n) is 9.24. The molecule has 0 radical (unpaired) electrons. The molecule has 2 aromatic carbocycles. The number of likely N-dealkylation sites (tertiary alicyclic amines) is 2. The van der Waals surface area contributed by atoms with E-state index in [2.05, 4.69) is 34.5 Å². The molecule has 0 spiro atoms. The average molecular weight is 605 g/mol. The van der Waals surface area contributed by atoms with E-state index in [0.29, 0.717) is 32.0 Å². The Morgan fingerprint density at radius 2 is 1.61 bits per heavy atom. The Bertz CT molecular complexity index is 1270. The van der Waals surface area contributed by atoms with Crippen LogP contribution in [0.2, 0.25) is 0 Å². The number of hydrogen-bond acceptors (Lipinski definition) is 8. The van der Waals surface area contributed by atoms with Crippen molar-refractivity contribution in [2.45, 2.75) is 76.2 Å². The van der Waals surface area contributed by atoms with Gasteiger partial charge in [0.2, 0.25) is 11.8 Å². The van der Waals surface area contributed by atoms with Gasteiger partial charge in [-0.1, -0.05) is 81.4 Å². The molecule has 1 unspecified atom stereocenters. The highest BCUT2D eigenvalue weighted by molar-refractivity contribution is 6.00. The quantitative estimate of drug-likeness (QED) is 0.212. The fourth-order valence-corrected chi connectivity index (χ4v) is 6.82. The maximum atomic E-state index is 13.9. The van der Waals surface area contributed by atoms with Crippen molar-refractivity contribution in [1.82, 2.24) is 20.1 Å². The van der Waals surface area contributed by atoms with E-state index in [1.54, 1.807) is 0 Å². The molecule has 2 aliphatic heterocycles. The van der Waals surface area contributed by atoms with Crippen molar-refractivity contribution in [3.05, 3.63) is 71.8 Å². The molecule has 10 heteroatoms. The molecular formula is C34H48N6O4. The topological polar surface area (TPSA) is 145 Å². The Labute approximate surface area is 260 Å². The number of amides is 2. The number of hydrogen-bond donors (Lipinski definition) is 4. The summed E-state index contributed by atoms with van der Waals surface area (Å²) in [5.74, 6) is 5.97. The number of carbonyl (C=O) groups excluding carboxylic acids is 3. The van der Waals surface area contributed by atoms with Gasteiger partial charge in [0.15, 0.2) is 5.78 Å². The number of nitrogens with one attached hydrogen (secondary N) is 1. The number of β-amino-alcohol motifs (C(OH)–C–C–N with tert-alkyl or cyclic N) is 1. The third kappa shape index (κ3) is 7.38. The molecule has 238 valence electrons. The minimum atomic E-state index is -0.951. The lowest BCUT2D eigenvalue weighted by Gasteiger charge is -2.50. The number of rotatable bonds is 12. The molecule has 2 amide bonds. The monoisotopic (exact) mass is 604 g/mol. The fraction of sp³-hybridized carbons (Fsp3) is 0.559. The molecule has 0 aromatic heterocycles. The van der Waals surface area contributed by atoms with Crippen LogP contribution in [-0.2, 0) is 14.4 Å². The van der Waals surface area contributed by atoms with Gasteiger partial charge in [-0.15, -0.1) is 0 Å². The summed E-state index contributed by atoms with van der Waals surface area (Å²) >= 11 is 0. The van der Waals surface area contributed by atoms with Crippen LogP contribution in [-0.4, -0.2) is 94.0 Å². The van der Waals surface area contributed by atoms with E-state index in [-0.39, 0.29) is 49.2 Å². The Balaban J connectivity index is 1.18. The first-order valence-corrected chi connectivity index (χ1v) is 15.8. The second kappa shape index (κ2) is 13.1. The number of hydrazine groups is 1. The molecule has 3 atom stereocenters. The summed E-state index contributed by atoms with van der Waals surface area (Å²) in [5, 5.41) is 15.7. The highest BCUT2D eigenvalue weighted by Crippen LogP contribution is 2.37. The van der Waals surface area contributed by atoms with E-state index in [0.717, 1.165) is 24.0 Å². The van der Waals surface area contributed by atoms with Crippen LogP contribution in [0.3, 0.4) is 0 Å². The zero-order valence-corrected chi connectivity index (χ0v) is 26.2. The molecule has 1 saturated carbocycles. The lowest BCUT2D eigenvalue weighted by atomic mass is 9.84. The van der Waals surface area contributed by atoms with E-state index in [4.69, 9.17) is 11.6 Å². The molecule has 10 nitrogen and oxygen atoms in total. The van der Waals surface area contributed by atoms with Gasteiger partial charge in [-0.2, -0.15) is 0 Å². The SMILES string of the molecule is CC(C)(C)[C@@H](C(=O)N1CC(=O)C[C@H]1C(=O)NCCC1(O)CN(C(c2ccccc2)c2ccccc2)C1)N(N)CC(N)C1CC1. The third-order valence-corrected chi connectivity index (χ3v) is 9.24. The Hall–Kier alpha value is -3.15. The van der Waals surface area contributed by atoms with E-state index in [1.807, 2.05) is 57.2 Å². The van der Waals surface area contributed by atoms with Gasteiger partial charge in [0.1, 0.15) is 12.1 Å². The van der Waals surface area contributed by atoms with E-state index in [1.165, 1.54) is 9.91 Å². The van der Waals surface area contributed by atoms with Crippen LogP contribution in [0.4, 0.5) is 0 Å². The van der Waals surface area contributed by atoms with Crippen molar-refractivity contribution >= 4 is 17.6 Å². The zero-order valence-electron chi connectivity index (χ0n) is 26.2. The standard InChI is InChI=1S/C34H48N6O4/c1-33(2,3)30(40(36)20-27(35)23-14-15-23)32(43)39-19-26(41)18-28(39)31(42)37-17-16-34(44)21-38(22-34)29(24-10-6-4-7-11-24)25-12-8-5-9-13-25/h4-13,23,27-30,44H,14-22,35-36H2,1-3H3,(H,37,42)/t27?,28-,30+/m0/s1. The van der Waals surface area contributed by atoms with Crippen LogP contribution in [0.1, 0.15) is 63.6 Å². The summed E-state index contributed by atoms with van der Waals surface area (Å²) in [4.78, 5) is 43.4. The number of Topliss-reactive ketones (excluding diaryl/α,β-unsaturated/α-hetero) is 1. The van der Waals surface area contributed by atoms with Crippen molar-refractivity contribution in [2.24, 2.45) is 22.9 Å². The van der Waals surface area contributed by atoms with Crippen LogP contribution in [0, 0.1) is 11.3 Å². The van der Waals surface area contributed by atoms with Crippen LogP contribution < -0.4 is 16.9 Å². The van der Waals surface area contributed by atoms with Gasteiger partial charge in [-0.25, -0.2) is 5.01 Å². The summed E-state index contributed by atoms with van der Waals surface area (Å²) < 4.78 is 0. The van der Waals surface area contributed by atoms with Gasteiger partial charge in [0, 0.05) is 38.6 Å². The first-order chi connectivity index (χ1) is 20.9. The summed E-state index contributed by atoms with van der Waals surface area (Å²) in [6.45, 7) is 7.18. The lowest BCUT2D eigenvalue weighted by molar-refractivity contribution is -0.147. The normalized spacial score (nSPS) is 21.8. The number of nitrogens with zero attached hydrogens (tertiary/aromatic N) is 3. The summed E-state index contributed by atoms with van der Waals surface area (Å²) in [6.07, 6.45) is 2.47. The number of carbonyl (C=O) groups is 3. The van der Waals surface area contributed by atoms with Gasteiger partial charge in [0.05, 0.1) is 18.2 Å². The average Bonchev–Trinajstić information content (AvgIpc) is 3.74. The summed E-state index contributed by atoms with van der Waals surface area (Å²) in [7, 11) is 0. The molecule has 2 heterocycles. The summed E-state index contributed by atoms with van der Waals surface area (Å²) in [5.41, 5.74) is 7.13. The minimum Gasteiger partial charge on any atom is -0.387 e. The number of benzene rings is 2. The van der Waals surface area contributed by atoms with Crippen molar-refractivity contribution in [1.29, 1.82) is 0 Å². The Morgan fingerprint density at radius 3 is 2.14 bits per heavy atom. The second-order valence-electron chi connectivity index (χ2n) is 14.1. The smallest absolute Gasteiger partial charge is 0.243 e. The van der Waals surface area contributed by atoms with Gasteiger partial charge < -0.3 is 21.1 Å². The molecule has 1 aliphatic carbocycles. The molecule has 0 bridgehead atoms. The molecule has 3 aliphatic rings. The van der Waals surface area contributed by atoms with Crippen molar-refractivity contribution in [3.8, 4) is 0 Å². The van der Waals surface area contributed by atoms with Gasteiger partial charge in [-0.3, -0.25) is 25.1 Å². The van der Waals surface area contributed by atoms with Gasteiger partial charge >= 0.3 is 0 Å². The predicted octanol–water partition coefficient (Wildman–Crippen LogP) is 1.83. The van der Waals surface area contributed by atoms with Gasteiger partial charge in [-0.05, 0) is 41.7 Å². The molecule has 44 heavy (non-hydrogen) atoms. The second-order valence-corrected chi connectivity index (χ2v) is 14.1. The minimum absolute atomic E-state index is 0.0213. The van der Waals surface area contributed by atoms with Crippen LogP contribution in [0.15, 0.2) is 60.7 Å². The largest absolute Gasteiger partial charge is 0.387 e. The van der Waals surface area contributed by atoms with Crippen molar-refractivity contribution in [2.75, 3.05) is 32.7 Å². The predicted molar refractivity (Wildman–Crippen MR) is 169 cm³/mol. The maximum Gasteiger partial charge on any atom is 0.243 e. The van der Waals surface area contributed by atoms with Crippen molar-refractivity contribution in [3.63, 3.8) is 0 Å². The van der Waals surface area contributed by atoms with Crippen molar-refractivity contribution < 1.29 is 19.5 Å². The van der Waals surface area contributed by atoms with Crippen LogP contribution in [0.5, 0.6) is 0 Å². The first kappa shape index (κ1) is 32.2. The molecular weight excluding hydrogens is 556 g/mol. The lowest BCUT2D eigenvalue weighted by Crippen LogP contribution is -2.63.